The molecule has 0 aromatic heterocycles. The number of carbonyl (C=O) groups excluding carboxylic acids is 1. The average Bonchev–Trinajstić information content (AvgIpc) is 2.52. The van der Waals surface area contributed by atoms with Gasteiger partial charge >= 0.3 is 6.18 Å². The van der Waals surface area contributed by atoms with Crippen molar-refractivity contribution in [2.45, 2.75) is 26.4 Å². The lowest BCUT2D eigenvalue weighted by molar-refractivity contribution is -0.153. The first-order chi connectivity index (χ1) is 12.2. The van der Waals surface area contributed by atoms with Crippen molar-refractivity contribution in [2.75, 3.05) is 18.5 Å². The Morgan fingerprint density at radius 1 is 1.04 bits per heavy atom. The van der Waals surface area contributed by atoms with E-state index in [1.54, 1.807) is 6.07 Å². The second-order valence-electron chi connectivity index (χ2n) is 5.87. The van der Waals surface area contributed by atoms with E-state index < -0.39 is 12.8 Å². The van der Waals surface area contributed by atoms with Gasteiger partial charge in [0.15, 0.2) is 6.61 Å². The molecule has 0 spiro atoms. The molecule has 0 aliphatic carbocycles. The summed E-state index contributed by atoms with van der Waals surface area (Å²) in [6.07, 6.45) is -4.39. The van der Waals surface area contributed by atoms with E-state index in [0.717, 1.165) is 11.1 Å². The normalized spacial score (nSPS) is 11.1. The lowest BCUT2D eigenvalue weighted by Gasteiger charge is -2.14. The van der Waals surface area contributed by atoms with E-state index >= 15 is 0 Å². The molecule has 0 aliphatic rings. The summed E-state index contributed by atoms with van der Waals surface area (Å²) in [6.45, 7) is 2.63. The number of benzene rings is 2. The molecule has 0 saturated carbocycles. The minimum atomic E-state index is -4.45. The van der Waals surface area contributed by atoms with E-state index in [1.807, 2.05) is 32.0 Å². The van der Waals surface area contributed by atoms with Crippen LogP contribution in [0.25, 0.3) is 0 Å². The quantitative estimate of drug-likeness (QED) is 0.775. The highest BCUT2D eigenvalue weighted by Gasteiger charge is 2.28. The van der Waals surface area contributed by atoms with Gasteiger partial charge in [0.05, 0.1) is 18.7 Å². The van der Waals surface area contributed by atoms with Crippen molar-refractivity contribution in [1.29, 1.82) is 0 Å². The Bertz CT molecular complexity index is 740. The summed E-state index contributed by atoms with van der Waals surface area (Å²) in [5.74, 6) is 0.259. The van der Waals surface area contributed by atoms with Gasteiger partial charge in [-0.2, -0.15) is 13.2 Å². The molecule has 0 fully saturated rings. The highest BCUT2D eigenvalue weighted by atomic mass is 19.4. The van der Waals surface area contributed by atoms with E-state index in [4.69, 9.17) is 9.47 Å². The summed E-state index contributed by atoms with van der Waals surface area (Å²) in [6, 6.07) is 11.7. The monoisotopic (exact) mass is 367 g/mol. The van der Waals surface area contributed by atoms with Crippen LogP contribution in [0.2, 0.25) is 0 Å². The van der Waals surface area contributed by atoms with Gasteiger partial charge in [0.25, 0.3) is 0 Å². The van der Waals surface area contributed by atoms with Gasteiger partial charge in [-0.3, -0.25) is 4.79 Å². The van der Waals surface area contributed by atoms with Gasteiger partial charge in [0, 0.05) is 0 Å². The summed E-state index contributed by atoms with van der Waals surface area (Å²) >= 11 is 0. The molecule has 0 radical (unpaired) electrons. The van der Waals surface area contributed by atoms with Gasteiger partial charge < -0.3 is 14.8 Å². The lowest BCUT2D eigenvalue weighted by Crippen LogP contribution is -2.20. The maximum absolute atomic E-state index is 12.3. The molecule has 0 heterocycles. The van der Waals surface area contributed by atoms with Crippen LogP contribution in [-0.2, 0) is 4.79 Å². The van der Waals surface area contributed by atoms with Crippen LogP contribution < -0.4 is 14.8 Å². The van der Waals surface area contributed by atoms with Gasteiger partial charge in [-0.1, -0.05) is 18.2 Å². The molecule has 1 amide bonds. The molecule has 0 saturated heterocycles. The Morgan fingerprint density at radius 2 is 1.69 bits per heavy atom. The Balaban J connectivity index is 1.87. The van der Waals surface area contributed by atoms with E-state index in [-0.39, 0.29) is 30.4 Å². The molecular weight excluding hydrogens is 347 g/mol. The third-order valence-corrected chi connectivity index (χ3v) is 3.35. The average molecular weight is 367 g/mol. The van der Waals surface area contributed by atoms with Gasteiger partial charge in [0.2, 0.25) is 5.91 Å². The molecule has 1 N–H and O–H groups in total. The molecule has 0 aliphatic heterocycles. The van der Waals surface area contributed by atoms with Crippen molar-refractivity contribution < 1.29 is 27.4 Å². The summed E-state index contributed by atoms with van der Waals surface area (Å²) < 4.78 is 47.2. The number of halogens is 3. The summed E-state index contributed by atoms with van der Waals surface area (Å²) in [5, 5.41) is 2.54. The van der Waals surface area contributed by atoms with Crippen molar-refractivity contribution in [2.24, 2.45) is 0 Å². The van der Waals surface area contributed by atoms with Crippen molar-refractivity contribution in [3.63, 3.8) is 0 Å². The number of nitrogens with one attached hydrogen (secondary N) is 1. The molecule has 0 bridgehead atoms. The van der Waals surface area contributed by atoms with E-state index in [0.29, 0.717) is 5.75 Å². The highest BCUT2D eigenvalue weighted by molar-refractivity contribution is 5.92. The number of ether oxygens (including phenoxy) is 2. The zero-order chi connectivity index (χ0) is 19.2. The summed E-state index contributed by atoms with van der Waals surface area (Å²) in [7, 11) is 0. The number of amides is 1. The molecule has 2 aromatic rings. The maximum atomic E-state index is 12.3. The third kappa shape index (κ3) is 6.66. The van der Waals surface area contributed by atoms with Crippen LogP contribution in [0.1, 0.15) is 17.5 Å². The first kappa shape index (κ1) is 19.6. The molecule has 4 nitrogen and oxygen atoms in total. The third-order valence-electron chi connectivity index (χ3n) is 3.35. The minimum Gasteiger partial charge on any atom is -0.493 e. The smallest absolute Gasteiger partial charge is 0.422 e. The van der Waals surface area contributed by atoms with Gasteiger partial charge in [-0.05, 0) is 49.2 Å². The topological polar surface area (TPSA) is 47.6 Å². The Kier molecular flexibility index (Phi) is 6.49. The van der Waals surface area contributed by atoms with Crippen molar-refractivity contribution in [3.05, 3.63) is 53.6 Å². The second-order valence-corrected chi connectivity index (χ2v) is 5.87. The number of carbonyl (C=O) groups is 1. The first-order valence-corrected chi connectivity index (χ1v) is 8.02. The number of para-hydroxylation sites is 2. The SMILES string of the molecule is Cc1cc(C)cc(OCCC(=O)Nc2ccccc2OCC(F)(F)F)c1. The molecule has 2 rings (SSSR count). The highest BCUT2D eigenvalue weighted by Crippen LogP contribution is 2.26. The van der Waals surface area contributed by atoms with Crippen LogP contribution in [0.4, 0.5) is 18.9 Å². The van der Waals surface area contributed by atoms with Crippen LogP contribution in [0.5, 0.6) is 11.5 Å². The number of alkyl halides is 3. The fourth-order valence-corrected chi connectivity index (χ4v) is 2.35. The molecule has 26 heavy (non-hydrogen) atoms. The van der Waals surface area contributed by atoms with Gasteiger partial charge in [-0.15, -0.1) is 0 Å². The van der Waals surface area contributed by atoms with Gasteiger partial charge in [0.1, 0.15) is 11.5 Å². The fourth-order valence-electron chi connectivity index (χ4n) is 2.35. The second kappa shape index (κ2) is 8.60. The Hall–Kier alpha value is -2.70. The molecule has 2 aromatic carbocycles. The number of hydrogen-bond donors (Lipinski definition) is 1. The van der Waals surface area contributed by atoms with E-state index in [1.165, 1.54) is 18.2 Å². The summed E-state index contributed by atoms with van der Waals surface area (Å²) in [4.78, 5) is 12.0. The largest absolute Gasteiger partial charge is 0.493 e. The standard InChI is InChI=1S/C19H20F3NO3/c1-13-9-14(2)11-15(10-13)25-8-7-18(24)23-16-5-3-4-6-17(16)26-12-19(20,21)22/h3-6,9-11H,7-8,12H2,1-2H3,(H,23,24). The fraction of sp³-hybridized carbons (Fsp3) is 0.316. The van der Waals surface area contributed by atoms with Crippen LogP contribution in [0, 0.1) is 13.8 Å². The maximum Gasteiger partial charge on any atom is 0.422 e. The van der Waals surface area contributed by atoms with Crippen molar-refractivity contribution in [3.8, 4) is 11.5 Å². The molecular formula is C19H20F3NO3. The molecule has 7 heteroatoms. The van der Waals surface area contributed by atoms with Crippen molar-refractivity contribution in [1.82, 2.24) is 0 Å². The van der Waals surface area contributed by atoms with Crippen LogP contribution in [-0.4, -0.2) is 25.3 Å². The predicted molar refractivity (Wildman–Crippen MR) is 92.6 cm³/mol. The van der Waals surface area contributed by atoms with Crippen LogP contribution in [0.3, 0.4) is 0 Å². The van der Waals surface area contributed by atoms with Crippen molar-refractivity contribution >= 4 is 11.6 Å². The Morgan fingerprint density at radius 3 is 2.35 bits per heavy atom. The number of aryl methyl sites for hydroxylation is 2. The zero-order valence-electron chi connectivity index (χ0n) is 14.5. The predicted octanol–water partition coefficient (Wildman–Crippen LogP) is 4.65. The van der Waals surface area contributed by atoms with Crippen LogP contribution >= 0.6 is 0 Å². The van der Waals surface area contributed by atoms with Gasteiger partial charge in [-0.25, -0.2) is 0 Å². The molecule has 140 valence electrons. The van der Waals surface area contributed by atoms with Crippen LogP contribution in [0.15, 0.2) is 42.5 Å². The first-order valence-electron chi connectivity index (χ1n) is 8.02. The number of rotatable bonds is 7. The molecule has 0 unspecified atom stereocenters. The molecule has 0 atom stereocenters. The minimum absolute atomic E-state index is 0.0339. The number of hydrogen-bond acceptors (Lipinski definition) is 3. The van der Waals surface area contributed by atoms with E-state index in [9.17, 15) is 18.0 Å². The Labute approximate surface area is 149 Å². The number of anilines is 1. The lowest BCUT2D eigenvalue weighted by atomic mass is 10.1. The zero-order valence-corrected chi connectivity index (χ0v) is 14.5. The van der Waals surface area contributed by atoms with E-state index in [2.05, 4.69) is 5.32 Å². The summed E-state index contributed by atoms with van der Waals surface area (Å²) in [5.41, 5.74) is 2.30.